The maximum atomic E-state index is 12.3. The number of aromatic nitrogens is 3. The van der Waals surface area contributed by atoms with Gasteiger partial charge in [-0.3, -0.25) is 4.79 Å². The molecular formula is C12H9N3O2S2. The summed E-state index contributed by atoms with van der Waals surface area (Å²) >= 11 is 6.39. The van der Waals surface area contributed by atoms with Crippen LogP contribution in [0.4, 0.5) is 0 Å². The molecule has 5 nitrogen and oxygen atoms in total. The molecule has 96 valence electrons. The predicted molar refractivity (Wildman–Crippen MR) is 75.7 cm³/mol. The summed E-state index contributed by atoms with van der Waals surface area (Å²) in [6.45, 7) is 0. The third-order valence-electron chi connectivity index (χ3n) is 2.75. The van der Waals surface area contributed by atoms with E-state index >= 15 is 0 Å². The average molecular weight is 291 g/mol. The summed E-state index contributed by atoms with van der Waals surface area (Å²) in [4.78, 5) is 13.5. The van der Waals surface area contributed by atoms with Gasteiger partial charge in [0.25, 0.3) is 16.3 Å². The van der Waals surface area contributed by atoms with Gasteiger partial charge in [-0.1, -0.05) is 6.07 Å². The van der Waals surface area contributed by atoms with Crippen LogP contribution in [0, 0.1) is 4.84 Å². The van der Waals surface area contributed by atoms with Crippen LogP contribution in [0.2, 0.25) is 0 Å². The Kier molecular flexibility index (Phi) is 2.92. The standard InChI is InChI=1S/C12H9N3O2S2/c1-15-8(9-3-2-6-19-9)5-4-7(11(15)16)10-13-14-12(18)17-10/h2-6H,1H3,(H,14,18). The summed E-state index contributed by atoms with van der Waals surface area (Å²) in [7, 11) is 1.72. The minimum absolute atomic E-state index is 0.152. The SMILES string of the molecule is Cn1c(-c2cccs2)ccc(-c2n[nH]c(=S)o2)c1=O. The molecule has 3 aromatic heterocycles. The maximum absolute atomic E-state index is 12.3. The van der Waals surface area contributed by atoms with E-state index < -0.39 is 0 Å². The van der Waals surface area contributed by atoms with Crippen LogP contribution >= 0.6 is 23.6 Å². The zero-order valence-electron chi connectivity index (χ0n) is 9.91. The van der Waals surface area contributed by atoms with Crippen LogP contribution in [0.25, 0.3) is 22.0 Å². The van der Waals surface area contributed by atoms with Crippen molar-refractivity contribution in [1.29, 1.82) is 0 Å². The molecule has 3 aromatic rings. The van der Waals surface area contributed by atoms with Crippen molar-refractivity contribution in [2.75, 3.05) is 0 Å². The highest BCUT2D eigenvalue weighted by Crippen LogP contribution is 2.24. The number of pyridine rings is 1. The van der Waals surface area contributed by atoms with Crippen molar-refractivity contribution in [2.45, 2.75) is 0 Å². The number of thiophene rings is 1. The van der Waals surface area contributed by atoms with Crippen LogP contribution in [0.3, 0.4) is 0 Å². The molecule has 0 aromatic carbocycles. The molecule has 0 amide bonds. The number of rotatable bonds is 2. The Morgan fingerprint density at radius 3 is 2.89 bits per heavy atom. The maximum Gasteiger partial charge on any atom is 0.284 e. The van der Waals surface area contributed by atoms with Crippen molar-refractivity contribution in [3.63, 3.8) is 0 Å². The molecule has 0 fully saturated rings. The number of hydrogen-bond donors (Lipinski definition) is 1. The second-order valence-corrected chi connectivity index (χ2v) is 5.21. The van der Waals surface area contributed by atoms with Crippen LogP contribution < -0.4 is 5.56 Å². The van der Waals surface area contributed by atoms with Gasteiger partial charge in [0.1, 0.15) is 5.56 Å². The lowest BCUT2D eigenvalue weighted by molar-refractivity contribution is 0.550. The zero-order valence-corrected chi connectivity index (χ0v) is 11.5. The quantitative estimate of drug-likeness (QED) is 0.737. The summed E-state index contributed by atoms with van der Waals surface area (Å²) in [6.07, 6.45) is 0. The smallest absolute Gasteiger partial charge is 0.284 e. The highest BCUT2D eigenvalue weighted by molar-refractivity contribution is 7.71. The van der Waals surface area contributed by atoms with E-state index in [1.54, 1.807) is 29.0 Å². The van der Waals surface area contributed by atoms with Crippen molar-refractivity contribution < 1.29 is 4.42 Å². The lowest BCUT2D eigenvalue weighted by Crippen LogP contribution is -2.19. The molecule has 3 heterocycles. The van der Waals surface area contributed by atoms with Crippen LogP contribution in [0.1, 0.15) is 0 Å². The molecule has 0 radical (unpaired) electrons. The molecule has 19 heavy (non-hydrogen) atoms. The van der Waals surface area contributed by atoms with Crippen LogP contribution in [0.5, 0.6) is 0 Å². The first-order chi connectivity index (χ1) is 9.16. The van der Waals surface area contributed by atoms with E-state index in [9.17, 15) is 4.79 Å². The number of hydrogen-bond acceptors (Lipinski definition) is 5. The molecule has 0 unspecified atom stereocenters. The second kappa shape index (κ2) is 4.60. The van der Waals surface area contributed by atoms with Gasteiger partial charge in [-0.15, -0.1) is 16.4 Å². The Balaban J connectivity index is 2.19. The third-order valence-corrected chi connectivity index (χ3v) is 3.81. The molecule has 0 aliphatic rings. The Morgan fingerprint density at radius 2 is 2.26 bits per heavy atom. The molecule has 0 aliphatic carbocycles. The van der Waals surface area contributed by atoms with E-state index in [1.165, 1.54) is 0 Å². The largest absolute Gasteiger partial charge is 0.409 e. The van der Waals surface area contributed by atoms with Crippen molar-refractivity contribution >= 4 is 23.6 Å². The molecule has 0 saturated heterocycles. The van der Waals surface area contributed by atoms with E-state index in [0.29, 0.717) is 5.56 Å². The van der Waals surface area contributed by atoms with E-state index in [1.807, 2.05) is 23.6 Å². The number of nitrogens with zero attached hydrogens (tertiary/aromatic N) is 2. The summed E-state index contributed by atoms with van der Waals surface area (Å²) in [6, 6.07) is 7.49. The molecule has 0 saturated carbocycles. The minimum Gasteiger partial charge on any atom is -0.409 e. The average Bonchev–Trinajstić information content (AvgIpc) is 3.04. The van der Waals surface area contributed by atoms with Gasteiger partial charge >= 0.3 is 0 Å². The first kappa shape index (κ1) is 12.1. The fraction of sp³-hybridized carbons (Fsp3) is 0.0833. The zero-order chi connectivity index (χ0) is 13.4. The van der Waals surface area contributed by atoms with Gasteiger partial charge in [0, 0.05) is 7.05 Å². The van der Waals surface area contributed by atoms with Gasteiger partial charge in [0.2, 0.25) is 0 Å². The van der Waals surface area contributed by atoms with Crippen LogP contribution in [-0.4, -0.2) is 14.8 Å². The predicted octanol–water partition coefficient (Wildman–Crippen LogP) is 2.83. The van der Waals surface area contributed by atoms with Gasteiger partial charge in [-0.25, -0.2) is 5.10 Å². The topological polar surface area (TPSA) is 63.8 Å². The fourth-order valence-electron chi connectivity index (χ4n) is 1.81. The Bertz CT molecular complexity index is 827. The summed E-state index contributed by atoms with van der Waals surface area (Å²) < 4.78 is 6.75. The molecular weight excluding hydrogens is 282 g/mol. The molecule has 7 heteroatoms. The van der Waals surface area contributed by atoms with Crippen molar-refractivity contribution in [2.24, 2.45) is 7.05 Å². The van der Waals surface area contributed by atoms with E-state index in [4.69, 9.17) is 16.6 Å². The Labute approximate surface area is 117 Å². The van der Waals surface area contributed by atoms with Gasteiger partial charge in [-0.2, -0.15) is 0 Å². The lowest BCUT2D eigenvalue weighted by atomic mass is 10.2. The van der Waals surface area contributed by atoms with Gasteiger partial charge in [-0.05, 0) is 35.8 Å². The Hall–Kier alpha value is -1.99. The number of H-pyrrole nitrogens is 1. The van der Waals surface area contributed by atoms with E-state index in [-0.39, 0.29) is 16.3 Å². The summed E-state index contributed by atoms with van der Waals surface area (Å²) in [5, 5.41) is 8.35. The normalized spacial score (nSPS) is 10.8. The first-order valence-corrected chi connectivity index (χ1v) is 6.75. The van der Waals surface area contributed by atoms with Crippen LogP contribution in [0.15, 0.2) is 38.9 Å². The Morgan fingerprint density at radius 1 is 1.42 bits per heavy atom. The molecule has 1 N–H and O–H groups in total. The fourth-order valence-corrected chi connectivity index (χ4v) is 2.73. The van der Waals surface area contributed by atoms with Gasteiger partial charge in [0.05, 0.1) is 10.6 Å². The van der Waals surface area contributed by atoms with Crippen molar-refractivity contribution in [3.8, 4) is 22.0 Å². The first-order valence-electron chi connectivity index (χ1n) is 5.46. The van der Waals surface area contributed by atoms with Crippen molar-refractivity contribution in [1.82, 2.24) is 14.8 Å². The minimum atomic E-state index is -0.170. The third kappa shape index (κ3) is 2.06. The van der Waals surface area contributed by atoms with Crippen molar-refractivity contribution in [3.05, 3.63) is 44.8 Å². The number of aromatic amines is 1. The lowest BCUT2D eigenvalue weighted by Gasteiger charge is -2.06. The molecule has 0 aliphatic heterocycles. The summed E-state index contributed by atoms with van der Waals surface area (Å²) in [5.41, 5.74) is 1.07. The van der Waals surface area contributed by atoms with E-state index in [2.05, 4.69) is 10.2 Å². The summed E-state index contributed by atoms with van der Waals surface area (Å²) in [5.74, 6) is 0.211. The molecule has 0 bridgehead atoms. The highest BCUT2D eigenvalue weighted by Gasteiger charge is 2.13. The highest BCUT2D eigenvalue weighted by atomic mass is 32.1. The van der Waals surface area contributed by atoms with Gasteiger partial charge < -0.3 is 8.98 Å². The van der Waals surface area contributed by atoms with Gasteiger partial charge in [0.15, 0.2) is 0 Å². The van der Waals surface area contributed by atoms with Crippen LogP contribution in [-0.2, 0) is 7.05 Å². The molecule has 3 rings (SSSR count). The molecule has 0 spiro atoms. The van der Waals surface area contributed by atoms with E-state index in [0.717, 1.165) is 10.6 Å². The monoisotopic (exact) mass is 291 g/mol. The number of nitrogens with one attached hydrogen (secondary N) is 1. The molecule has 0 atom stereocenters. The second-order valence-electron chi connectivity index (χ2n) is 3.89.